The number of rotatable bonds is 4. The lowest BCUT2D eigenvalue weighted by Crippen LogP contribution is -2.51. The molecule has 1 heterocycles. The Bertz CT molecular complexity index is 1130. The molecule has 0 radical (unpaired) electrons. The summed E-state index contributed by atoms with van der Waals surface area (Å²) in [6.07, 6.45) is -4.56. The van der Waals surface area contributed by atoms with Gasteiger partial charge in [-0.25, -0.2) is 0 Å². The van der Waals surface area contributed by atoms with Crippen LogP contribution >= 0.6 is 0 Å². The minimum Gasteiger partial charge on any atom is -0.483 e. The smallest absolute Gasteiger partial charge is 0.419 e. The van der Waals surface area contributed by atoms with E-state index >= 15 is 0 Å². The van der Waals surface area contributed by atoms with E-state index in [2.05, 4.69) is 0 Å². The average Bonchev–Trinajstić information content (AvgIpc) is 2.81. The first-order chi connectivity index (χ1) is 15.3. The van der Waals surface area contributed by atoms with E-state index in [1.807, 2.05) is 36.4 Å². The minimum atomic E-state index is -4.56. The summed E-state index contributed by atoms with van der Waals surface area (Å²) in [4.78, 5) is 28.7. The van der Waals surface area contributed by atoms with Crippen molar-refractivity contribution in [2.24, 2.45) is 0 Å². The quantitative estimate of drug-likeness (QED) is 0.608. The molecule has 0 aliphatic carbocycles. The Kier molecular flexibility index (Phi) is 6.03. The lowest BCUT2D eigenvalue weighted by Gasteiger charge is -2.35. The summed E-state index contributed by atoms with van der Waals surface area (Å²) < 4.78 is 44.4. The maximum absolute atomic E-state index is 13.1. The topological polar surface area (TPSA) is 49.9 Å². The Balaban J connectivity index is 1.36. The first-order valence-corrected chi connectivity index (χ1v) is 10.2. The number of para-hydroxylation sites is 1. The van der Waals surface area contributed by atoms with Gasteiger partial charge in [0.15, 0.2) is 6.61 Å². The van der Waals surface area contributed by atoms with Crippen molar-refractivity contribution in [3.05, 3.63) is 77.9 Å². The van der Waals surface area contributed by atoms with E-state index in [9.17, 15) is 22.8 Å². The fourth-order valence-electron chi connectivity index (χ4n) is 3.80. The molecule has 3 aromatic carbocycles. The number of carbonyl (C=O) groups excluding carboxylic acids is 2. The van der Waals surface area contributed by atoms with Gasteiger partial charge in [-0.15, -0.1) is 0 Å². The molecule has 0 aromatic heterocycles. The number of halogens is 3. The van der Waals surface area contributed by atoms with Crippen molar-refractivity contribution in [3.8, 4) is 5.75 Å². The zero-order valence-electron chi connectivity index (χ0n) is 17.1. The second-order valence-corrected chi connectivity index (χ2v) is 7.48. The van der Waals surface area contributed by atoms with Crippen molar-refractivity contribution in [3.63, 3.8) is 0 Å². The maximum atomic E-state index is 13.1. The van der Waals surface area contributed by atoms with Crippen LogP contribution in [0.3, 0.4) is 0 Å². The van der Waals surface area contributed by atoms with E-state index < -0.39 is 24.3 Å². The van der Waals surface area contributed by atoms with Gasteiger partial charge in [0.05, 0.1) is 5.56 Å². The zero-order chi connectivity index (χ0) is 22.7. The van der Waals surface area contributed by atoms with Crippen molar-refractivity contribution in [2.75, 3.05) is 32.8 Å². The molecule has 0 saturated carbocycles. The Morgan fingerprint density at radius 2 is 1.44 bits per heavy atom. The van der Waals surface area contributed by atoms with Crippen molar-refractivity contribution >= 4 is 22.6 Å². The van der Waals surface area contributed by atoms with Gasteiger partial charge in [-0.1, -0.05) is 48.5 Å². The van der Waals surface area contributed by atoms with E-state index in [1.165, 1.54) is 23.1 Å². The Morgan fingerprint density at radius 1 is 0.812 bits per heavy atom. The summed E-state index contributed by atoms with van der Waals surface area (Å²) in [7, 11) is 0. The van der Waals surface area contributed by atoms with Crippen LogP contribution in [0.1, 0.15) is 15.9 Å². The molecule has 0 bridgehead atoms. The molecule has 0 spiro atoms. The summed E-state index contributed by atoms with van der Waals surface area (Å²) in [5, 5.41) is 1.85. The lowest BCUT2D eigenvalue weighted by molar-refractivity contribution is -0.141. The molecule has 0 N–H and O–H groups in total. The van der Waals surface area contributed by atoms with Crippen LogP contribution in [0, 0.1) is 0 Å². The van der Waals surface area contributed by atoms with Crippen molar-refractivity contribution < 1.29 is 27.5 Å². The predicted octanol–water partition coefficient (Wildman–Crippen LogP) is 4.22. The number of alkyl halides is 3. The van der Waals surface area contributed by atoms with Crippen LogP contribution < -0.4 is 4.74 Å². The number of ether oxygens (including phenoxy) is 1. The maximum Gasteiger partial charge on any atom is 0.419 e. The Hall–Kier alpha value is -3.55. The van der Waals surface area contributed by atoms with Crippen molar-refractivity contribution in [2.45, 2.75) is 6.18 Å². The monoisotopic (exact) mass is 442 g/mol. The highest BCUT2D eigenvalue weighted by atomic mass is 19.4. The molecule has 0 atom stereocenters. The van der Waals surface area contributed by atoms with Gasteiger partial charge in [-0.3, -0.25) is 9.59 Å². The van der Waals surface area contributed by atoms with Gasteiger partial charge in [0.1, 0.15) is 5.75 Å². The summed E-state index contributed by atoms with van der Waals surface area (Å²) in [6.45, 7) is 0.767. The van der Waals surface area contributed by atoms with E-state index in [-0.39, 0.29) is 11.7 Å². The number of carbonyl (C=O) groups is 2. The Labute approximate surface area is 183 Å². The largest absolute Gasteiger partial charge is 0.483 e. The number of nitrogens with zero attached hydrogens (tertiary/aromatic N) is 2. The van der Waals surface area contributed by atoms with Gasteiger partial charge in [0.2, 0.25) is 0 Å². The van der Waals surface area contributed by atoms with E-state index in [4.69, 9.17) is 4.74 Å². The third-order valence-electron chi connectivity index (χ3n) is 5.48. The second-order valence-electron chi connectivity index (χ2n) is 7.48. The molecule has 1 saturated heterocycles. The molecular formula is C24H21F3N2O3. The number of benzene rings is 3. The van der Waals surface area contributed by atoms with E-state index in [0.717, 1.165) is 16.8 Å². The summed E-state index contributed by atoms with van der Waals surface area (Å²) in [5.41, 5.74) is -0.312. The molecule has 4 rings (SSSR count). The van der Waals surface area contributed by atoms with Gasteiger partial charge in [0, 0.05) is 31.7 Å². The van der Waals surface area contributed by atoms with Gasteiger partial charge in [-0.2, -0.15) is 13.2 Å². The first-order valence-electron chi connectivity index (χ1n) is 10.2. The minimum absolute atomic E-state index is 0.107. The van der Waals surface area contributed by atoms with Crippen LogP contribution in [-0.2, 0) is 11.0 Å². The average molecular weight is 442 g/mol. The third kappa shape index (κ3) is 4.54. The van der Waals surface area contributed by atoms with Crippen LogP contribution in [0.25, 0.3) is 10.8 Å². The van der Waals surface area contributed by atoms with Crippen LogP contribution in [0.5, 0.6) is 5.75 Å². The van der Waals surface area contributed by atoms with Crippen LogP contribution in [0.15, 0.2) is 66.7 Å². The van der Waals surface area contributed by atoms with Crippen LogP contribution in [0.4, 0.5) is 13.2 Å². The van der Waals surface area contributed by atoms with Gasteiger partial charge >= 0.3 is 6.18 Å². The lowest BCUT2D eigenvalue weighted by atomic mass is 10.0. The molecule has 32 heavy (non-hydrogen) atoms. The number of piperazine rings is 1. The number of amides is 2. The molecular weight excluding hydrogens is 421 g/mol. The fourth-order valence-corrected chi connectivity index (χ4v) is 3.80. The highest BCUT2D eigenvalue weighted by Crippen LogP contribution is 2.35. The molecule has 5 nitrogen and oxygen atoms in total. The summed E-state index contributed by atoms with van der Waals surface area (Å²) in [6, 6.07) is 18.0. The SMILES string of the molecule is O=C(COc1ccccc1C(F)(F)F)N1CCN(C(=O)c2cccc3ccccc23)CC1. The van der Waals surface area contributed by atoms with Crippen LogP contribution in [0.2, 0.25) is 0 Å². The molecule has 0 unspecified atom stereocenters. The number of hydrogen-bond acceptors (Lipinski definition) is 3. The van der Waals surface area contributed by atoms with Gasteiger partial charge in [0.25, 0.3) is 11.8 Å². The second kappa shape index (κ2) is 8.90. The number of hydrogen-bond donors (Lipinski definition) is 0. The molecule has 2 amide bonds. The molecule has 1 aliphatic rings. The standard InChI is InChI=1S/C24H21F3N2O3/c25-24(26,27)20-10-3-4-11-21(20)32-16-22(30)28-12-14-29(15-13-28)23(31)19-9-5-7-17-6-1-2-8-18(17)19/h1-11H,12-16H2. The summed E-state index contributed by atoms with van der Waals surface area (Å²) in [5.74, 6) is -0.901. The van der Waals surface area contributed by atoms with Crippen LogP contribution in [-0.4, -0.2) is 54.4 Å². The highest BCUT2D eigenvalue weighted by Gasteiger charge is 2.34. The molecule has 3 aromatic rings. The van der Waals surface area contributed by atoms with Gasteiger partial charge in [-0.05, 0) is 29.0 Å². The Morgan fingerprint density at radius 3 is 2.19 bits per heavy atom. The van der Waals surface area contributed by atoms with Crippen molar-refractivity contribution in [1.82, 2.24) is 9.80 Å². The van der Waals surface area contributed by atoms with E-state index in [1.54, 1.807) is 11.0 Å². The van der Waals surface area contributed by atoms with E-state index in [0.29, 0.717) is 31.7 Å². The fraction of sp³-hybridized carbons (Fsp3) is 0.250. The summed E-state index contributed by atoms with van der Waals surface area (Å²) >= 11 is 0. The van der Waals surface area contributed by atoms with Gasteiger partial charge < -0.3 is 14.5 Å². The predicted molar refractivity (Wildman–Crippen MR) is 113 cm³/mol. The molecule has 1 aliphatic heterocycles. The third-order valence-corrected chi connectivity index (χ3v) is 5.48. The molecule has 166 valence electrons. The molecule has 1 fully saturated rings. The highest BCUT2D eigenvalue weighted by molar-refractivity contribution is 6.07. The number of fused-ring (bicyclic) bond motifs is 1. The normalized spacial score (nSPS) is 14.5. The molecule has 8 heteroatoms. The first kappa shape index (κ1) is 21.7. The zero-order valence-corrected chi connectivity index (χ0v) is 17.1. The van der Waals surface area contributed by atoms with Crippen molar-refractivity contribution in [1.29, 1.82) is 0 Å².